The molecule has 4 nitrogen and oxygen atoms in total. The quantitative estimate of drug-likeness (QED) is 0.742. The first-order chi connectivity index (χ1) is 10.6. The van der Waals surface area contributed by atoms with Crippen LogP contribution >= 0.6 is 0 Å². The predicted molar refractivity (Wildman–Crippen MR) is 85.9 cm³/mol. The molecule has 0 bridgehead atoms. The molecule has 5 aliphatic rings. The zero-order valence-electron chi connectivity index (χ0n) is 13.2. The Kier molecular flexibility index (Phi) is 3.06. The van der Waals surface area contributed by atoms with E-state index in [4.69, 9.17) is 0 Å². The minimum Gasteiger partial charge on any atom is -0.295 e. The second kappa shape index (κ2) is 4.81. The molecular weight excluding hydrogens is 296 g/mol. The van der Waals surface area contributed by atoms with Crippen LogP contribution in [0.2, 0.25) is 0 Å². The lowest BCUT2D eigenvalue weighted by Gasteiger charge is -2.24. The fraction of sp³-hybridized carbons (Fsp3) is 0.882. The number of rotatable bonds is 4. The first kappa shape index (κ1) is 14.0. The Labute approximate surface area is 133 Å². The largest absolute Gasteiger partial charge is 0.295 e. The monoisotopic (exact) mass is 322 g/mol. The van der Waals surface area contributed by atoms with E-state index in [0.29, 0.717) is 11.8 Å². The van der Waals surface area contributed by atoms with Gasteiger partial charge in [-0.1, -0.05) is 5.57 Å². The van der Waals surface area contributed by atoms with Gasteiger partial charge in [0.25, 0.3) is 0 Å². The van der Waals surface area contributed by atoms with E-state index in [9.17, 15) is 8.42 Å². The highest BCUT2D eigenvalue weighted by atomic mass is 32.2. The van der Waals surface area contributed by atoms with Gasteiger partial charge < -0.3 is 0 Å². The molecule has 5 heteroatoms. The molecule has 2 aliphatic heterocycles. The van der Waals surface area contributed by atoms with Gasteiger partial charge in [-0.15, -0.1) is 0 Å². The minimum absolute atomic E-state index is 0.106. The summed E-state index contributed by atoms with van der Waals surface area (Å²) in [6.07, 6.45) is 7.14. The van der Waals surface area contributed by atoms with Gasteiger partial charge in [-0.05, 0) is 55.9 Å². The van der Waals surface area contributed by atoms with Crippen molar-refractivity contribution in [2.24, 2.45) is 17.8 Å². The molecule has 0 aromatic carbocycles. The highest BCUT2D eigenvalue weighted by molar-refractivity contribution is 7.90. The summed E-state index contributed by atoms with van der Waals surface area (Å²) < 4.78 is 27.5. The summed E-state index contributed by atoms with van der Waals surface area (Å²) in [4.78, 5) is 2.58. The van der Waals surface area contributed by atoms with Crippen molar-refractivity contribution in [3.63, 3.8) is 0 Å². The van der Waals surface area contributed by atoms with Gasteiger partial charge in [0, 0.05) is 38.6 Å². The molecule has 0 spiro atoms. The second-order valence-electron chi connectivity index (χ2n) is 8.23. The Hall–Kier alpha value is -0.390. The Bertz CT molecular complexity index is 619. The van der Waals surface area contributed by atoms with Crippen LogP contribution < -0.4 is 0 Å². The molecule has 0 radical (unpaired) electrons. The average Bonchev–Trinajstić information content (AvgIpc) is 3.36. The number of hydrogen-bond donors (Lipinski definition) is 0. The molecule has 3 aliphatic carbocycles. The second-order valence-corrected chi connectivity index (χ2v) is 10.4. The average molecular weight is 322 g/mol. The first-order valence-electron chi connectivity index (χ1n) is 9.03. The SMILES string of the molecule is O=S1(=O)[C@@H]2CCC3=C(CN(CC4CC4)C3)[C@@H]2CN1CC1CC1. The van der Waals surface area contributed by atoms with Crippen molar-refractivity contribution in [1.29, 1.82) is 0 Å². The van der Waals surface area contributed by atoms with E-state index in [0.717, 1.165) is 44.9 Å². The Morgan fingerprint density at radius 3 is 2.41 bits per heavy atom. The Balaban J connectivity index is 1.36. The maximum Gasteiger partial charge on any atom is 0.217 e. The third-order valence-corrected chi connectivity index (χ3v) is 8.75. The van der Waals surface area contributed by atoms with Crippen molar-refractivity contribution in [2.75, 3.05) is 32.7 Å². The molecule has 122 valence electrons. The fourth-order valence-electron chi connectivity index (χ4n) is 4.80. The third-order valence-electron chi connectivity index (χ3n) is 6.40. The van der Waals surface area contributed by atoms with E-state index < -0.39 is 10.0 Å². The van der Waals surface area contributed by atoms with Crippen LogP contribution in [0.1, 0.15) is 38.5 Å². The molecule has 0 unspecified atom stereocenters. The van der Waals surface area contributed by atoms with Gasteiger partial charge in [0.1, 0.15) is 0 Å². The van der Waals surface area contributed by atoms with Gasteiger partial charge in [-0.25, -0.2) is 12.7 Å². The summed E-state index contributed by atoms with van der Waals surface area (Å²) in [5.41, 5.74) is 3.10. The van der Waals surface area contributed by atoms with E-state index in [1.807, 2.05) is 4.31 Å². The summed E-state index contributed by atoms with van der Waals surface area (Å²) in [5, 5.41) is -0.106. The Morgan fingerprint density at radius 2 is 1.68 bits per heavy atom. The smallest absolute Gasteiger partial charge is 0.217 e. The van der Waals surface area contributed by atoms with E-state index in [1.54, 1.807) is 5.57 Å². The standard InChI is InChI=1S/C17H26N2O2S/c20-22(21)17-6-5-14-9-18(7-12-1-2-12)10-15(14)16(17)11-19(22)8-13-3-4-13/h12-13,16-17H,1-11H2/t16-,17+/m0/s1. The topological polar surface area (TPSA) is 40.6 Å². The van der Waals surface area contributed by atoms with E-state index in [2.05, 4.69) is 4.90 Å². The zero-order chi connectivity index (χ0) is 14.9. The lowest BCUT2D eigenvalue weighted by Crippen LogP contribution is -2.32. The van der Waals surface area contributed by atoms with E-state index >= 15 is 0 Å². The molecule has 0 aromatic rings. The molecule has 1 saturated heterocycles. The minimum atomic E-state index is -3.03. The zero-order valence-corrected chi connectivity index (χ0v) is 14.0. The molecule has 0 N–H and O–H groups in total. The maximum absolute atomic E-state index is 12.8. The molecule has 0 amide bonds. The normalized spacial score (nSPS) is 38.4. The third kappa shape index (κ3) is 2.28. The van der Waals surface area contributed by atoms with Crippen LogP contribution in [0.5, 0.6) is 0 Å². The van der Waals surface area contributed by atoms with Crippen LogP contribution in [0.25, 0.3) is 0 Å². The summed E-state index contributed by atoms with van der Waals surface area (Å²) in [6, 6.07) is 0. The first-order valence-corrected chi connectivity index (χ1v) is 10.5. The van der Waals surface area contributed by atoms with E-state index in [1.165, 1.54) is 37.8 Å². The van der Waals surface area contributed by atoms with Gasteiger partial charge in [0.15, 0.2) is 0 Å². The van der Waals surface area contributed by atoms with Crippen LogP contribution in [-0.4, -0.2) is 55.6 Å². The number of sulfonamides is 1. The van der Waals surface area contributed by atoms with Crippen molar-refractivity contribution in [3.05, 3.63) is 11.1 Å². The van der Waals surface area contributed by atoms with Gasteiger partial charge in [-0.2, -0.15) is 0 Å². The van der Waals surface area contributed by atoms with Gasteiger partial charge in [-0.3, -0.25) is 4.90 Å². The van der Waals surface area contributed by atoms with Gasteiger partial charge in [0.2, 0.25) is 10.0 Å². The van der Waals surface area contributed by atoms with Crippen LogP contribution in [-0.2, 0) is 10.0 Å². The van der Waals surface area contributed by atoms with Gasteiger partial charge >= 0.3 is 0 Å². The summed E-state index contributed by atoms with van der Waals surface area (Å²) >= 11 is 0. The maximum atomic E-state index is 12.8. The molecule has 0 aromatic heterocycles. The fourth-order valence-corrected chi connectivity index (χ4v) is 7.05. The van der Waals surface area contributed by atoms with Crippen molar-refractivity contribution >= 4 is 10.0 Å². The van der Waals surface area contributed by atoms with Crippen molar-refractivity contribution in [3.8, 4) is 0 Å². The molecular formula is C17H26N2O2S. The Morgan fingerprint density at radius 1 is 0.955 bits per heavy atom. The van der Waals surface area contributed by atoms with E-state index in [-0.39, 0.29) is 5.25 Å². The van der Waals surface area contributed by atoms with Crippen LogP contribution in [0.4, 0.5) is 0 Å². The van der Waals surface area contributed by atoms with Crippen LogP contribution in [0, 0.1) is 17.8 Å². The lowest BCUT2D eigenvalue weighted by atomic mass is 9.84. The highest BCUT2D eigenvalue weighted by Crippen LogP contribution is 2.45. The molecule has 2 atom stereocenters. The highest BCUT2D eigenvalue weighted by Gasteiger charge is 2.51. The van der Waals surface area contributed by atoms with Crippen LogP contribution in [0.15, 0.2) is 11.1 Å². The summed E-state index contributed by atoms with van der Waals surface area (Å²) in [7, 11) is -3.03. The molecule has 3 fully saturated rings. The predicted octanol–water partition coefficient (Wildman–Crippen LogP) is 1.84. The van der Waals surface area contributed by atoms with Crippen molar-refractivity contribution < 1.29 is 8.42 Å². The summed E-state index contributed by atoms with van der Waals surface area (Å²) in [6.45, 7) is 4.99. The molecule has 22 heavy (non-hydrogen) atoms. The van der Waals surface area contributed by atoms with Crippen molar-refractivity contribution in [2.45, 2.75) is 43.8 Å². The number of nitrogens with zero attached hydrogens (tertiary/aromatic N) is 2. The number of hydrogen-bond acceptors (Lipinski definition) is 3. The van der Waals surface area contributed by atoms with Crippen LogP contribution in [0.3, 0.4) is 0 Å². The molecule has 5 rings (SSSR count). The molecule has 2 saturated carbocycles. The molecule has 2 heterocycles. The van der Waals surface area contributed by atoms with Crippen molar-refractivity contribution in [1.82, 2.24) is 9.21 Å². The van der Waals surface area contributed by atoms with Gasteiger partial charge in [0.05, 0.1) is 5.25 Å². The number of fused-ring (bicyclic) bond motifs is 2. The summed E-state index contributed by atoms with van der Waals surface area (Å²) in [5.74, 6) is 1.88. The lowest BCUT2D eigenvalue weighted by molar-refractivity contribution is 0.321.